The second-order valence-corrected chi connectivity index (χ2v) is 3.76. The fraction of sp³-hybridized carbons (Fsp3) is 0.700. The van der Waals surface area contributed by atoms with Crippen LogP contribution in [0, 0.1) is 6.92 Å². The second-order valence-electron chi connectivity index (χ2n) is 3.76. The van der Waals surface area contributed by atoms with Crippen LogP contribution in [0.1, 0.15) is 36.7 Å². The number of aromatic nitrogens is 2. The molecule has 0 bridgehead atoms. The molecule has 0 atom stereocenters. The van der Waals surface area contributed by atoms with E-state index in [0.29, 0.717) is 12.5 Å². The topological polar surface area (TPSA) is 43.8 Å². The van der Waals surface area contributed by atoms with Gasteiger partial charge in [-0.25, -0.2) is 0 Å². The summed E-state index contributed by atoms with van der Waals surface area (Å²) in [6.45, 7) is 7.19. The zero-order valence-electron chi connectivity index (χ0n) is 8.96. The first-order valence-electron chi connectivity index (χ1n) is 4.80. The molecule has 0 aliphatic heterocycles. The smallest absolute Gasteiger partial charge is 0.0674 e. The van der Waals surface area contributed by atoms with E-state index in [9.17, 15) is 0 Å². The summed E-state index contributed by atoms with van der Waals surface area (Å²) in [4.78, 5) is 0. The number of nitrogens with zero attached hydrogens (tertiary/aromatic N) is 2. The van der Waals surface area contributed by atoms with E-state index in [1.807, 2.05) is 11.7 Å². The van der Waals surface area contributed by atoms with Crippen molar-refractivity contribution in [1.82, 2.24) is 9.78 Å². The molecule has 0 amide bonds. The molecule has 1 aromatic rings. The summed E-state index contributed by atoms with van der Waals surface area (Å²) in [6, 6.07) is 0. The van der Waals surface area contributed by atoms with Gasteiger partial charge in [0.2, 0.25) is 0 Å². The standard InChI is InChI=1S/C10H19N3/c1-7(2)10-8(3)13(4)12-9(10)5-6-11/h7H,5-6,11H2,1-4H3. The molecule has 0 aliphatic rings. The molecule has 1 rings (SSSR count). The first-order chi connectivity index (χ1) is 6.07. The van der Waals surface area contributed by atoms with E-state index >= 15 is 0 Å². The molecule has 1 heterocycles. The molecule has 13 heavy (non-hydrogen) atoms. The summed E-state index contributed by atoms with van der Waals surface area (Å²) in [5, 5.41) is 4.46. The molecule has 0 spiro atoms. The fourth-order valence-corrected chi connectivity index (χ4v) is 1.77. The zero-order chi connectivity index (χ0) is 10.0. The van der Waals surface area contributed by atoms with Crippen LogP contribution in [0.3, 0.4) is 0 Å². The molecule has 0 saturated carbocycles. The van der Waals surface area contributed by atoms with E-state index in [2.05, 4.69) is 25.9 Å². The molecule has 0 unspecified atom stereocenters. The zero-order valence-corrected chi connectivity index (χ0v) is 8.96. The molecule has 74 valence electrons. The molecule has 0 fully saturated rings. The van der Waals surface area contributed by atoms with Gasteiger partial charge in [-0.05, 0) is 24.9 Å². The van der Waals surface area contributed by atoms with Gasteiger partial charge in [0, 0.05) is 19.2 Å². The van der Waals surface area contributed by atoms with Crippen LogP contribution in [0.4, 0.5) is 0 Å². The van der Waals surface area contributed by atoms with E-state index in [1.54, 1.807) is 0 Å². The monoisotopic (exact) mass is 181 g/mol. The van der Waals surface area contributed by atoms with Gasteiger partial charge in [0.05, 0.1) is 5.69 Å². The van der Waals surface area contributed by atoms with E-state index in [4.69, 9.17) is 5.73 Å². The molecule has 0 saturated heterocycles. The number of hydrogen-bond donors (Lipinski definition) is 1. The van der Waals surface area contributed by atoms with Crippen LogP contribution in [0.2, 0.25) is 0 Å². The van der Waals surface area contributed by atoms with Crippen molar-refractivity contribution < 1.29 is 0 Å². The van der Waals surface area contributed by atoms with Gasteiger partial charge in [-0.1, -0.05) is 13.8 Å². The normalized spacial score (nSPS) is 11.2. The maximum Gasteiger partial charge on any atom is 0.0674 e. The number of nitrogens with two attached hydrogens (primary N) is 1. The van der Waals surface area contributed by atoms with Crippen molar-refractivity contribution in [2.75, 3.05) is 6.54 Å². The van der Waals surface area contributed by atoms with E-state index < -0.39 is 0 Å². The van der Waals surface area contributed by atoms with Crippen molar-refractivity contribution in [1.29, 1.82) is 0 Å². The van der Waals surface area contributed by atoms with Crippen LogP contribution in [0.15, 0.2) is 0 Å². The van der Waals surface area contributed by atoms with Gasteiger partial charge in [0.1, 0.15) is 0 Å². The largest absolute Gasteiger partial charge is 0.330 e. The Bertz CT molecular complexity index is 287. The van der Waals surface area contributed by atoms with Crippen molar-refractivity contribution in [3.63, 3.8) is 0 Å². The highest BCUT2D eigenvalue weighted by molar-refractivity contribution is 5.28. The minimum absolute atomic E-state index is 0.537. The molecule has 2 N–H and O–H groups in total. The lowest BCUT2D eigenvalue weighted by atomic mass is 9.99. The van der Waals surface area contributed by atoms with Crippen LogP contribution in [0.5, 0.6) is 0 Å². The third kappa shape index (κ3) is 1.91. The van der Waals surface area contributed by atoms with Crippen LogP contribution < -0.4 is 5.73 Å². The van der Waals surface area contributed by atoms with Gasteiger partial charge in [0.15, 0.2) is 0 Å². The number of rotatable bonds is 3. The van der Waals surface area contributed by atoms with Crippen molar-refractivity contribution in [3.05, 3.63) is 17.0 Å². The third-order valence-corrected chi connectivity index (χ3v) is 2.42. The number of hydrogen-bond acceptors (Lipinski definition) is 2. The first kappa shape index (κ1) is 10.3. The van der Waals surface area contributed by atoms with Crippen molar-refractivity contribution >= 4 is 0 Å². The Labute approximate surface area is 79.9 Å². The van der Waals surface area contributed by atoms with Gasteiger partial charge in [-0.3, -0.25) is 4.68 Å². The molecule has 1 aromatic heterocycles. The first-order valence-corrected chi connectivity index (χ1v) is 4.80. The van der Waals surface area contributed by atoms with Gasteiger partial charge in [-0.15, -0.1) is 0 Å². The average Bonchev–Trinajstić information content (AvgIpc) is 2.28. The van der Waals surface area contributed by atoms with Gasteiger partial charge in [-0.2, -0.15) is 5.10 Å². The summed E-state index contributed by atoms with van der Waals surface area (Å²) in [5.41, 5.74) is 9.33. The maximum absolute atomic E-state index is 5.54. The minimum Gasteiger partial charge on any atom is -0.330 e. The lowest BCUT2D eigenvalue weighted by Gasteiger charge is -2.06. The van der Waals surface area contributed by atoms with Crippen molar-refractivity contribution in [2.45, 2.75) is 33.1 Å². The van der Waals surface area contributed by atoms with Crippen LogP contribution in [0.25, 0.3) is 0 Å². The molecule has 0 radical (unpaired) electrons. The molecule has 0 aliphatic carbocycles. The second kappa shape index (κ2) is 3.92. The quantitative estimate of drug-likeness (QED) is 0.765. The fourth-order valence-electron chi connectivity index (χ4n) is 1.77. The summed E-state index contributed by atoms with van der Waals surface area (Å²) in [6.07, 6.45) is 0.884. The van der Waals surface area contributed by atoms with E-state index in [0.717, 1.165) is 12.1 Å². The van der Waals surface area contributed by atoms with Gasteiger partial charge >= 0.3 is 0 Å². The minimum atomic E-state index is 0.537. The Morgan fingerprint density at radius 2 is 2.08 bits per heavy atom. The van der Waals surface area contributed by atoms with Crippen molar-refractivity contribution in [2.24, 2.45) is 12.8 Å². The van der Waals surface area contributed by atoms with E-state index in [-0.39, 0.29) is 0 Å². The molecule has 3 nitrogen and oxygen atoms in total. The Morgan fingerprint density at radius 1 is 1.46 bits per heavy atom. The van der Waals surface area contributed by atoms with E-state index in [1.165, 1.54) is 11.3 Å². The van der Waals surface area contributed by atoms with Crippen LogP contribution in [-0.4, -0.2) is 16.3 Å². The summed E-state index contributed by atoms with van der Waals surface area (Å²) >= 11 is 0. The highest BCUT2D eigenvalue weighted by atomic mass is 15.3. The van der Waals surface area contributed by atoms with Gasteiger partial charge < -0.3 is 5.73 Å². The van der Waals surface area contributed by atoms with Crippen LogP contribution >= 0.6 is 0 Å². The SMILES string of the molecule is Cc1c(C(C)C)c(CCN)nn1C. The summed E-state index contributed by atoms with van der Waals surface area (Å²) < 4.78 is 1.94. The molecular formula is C10H19N3. The predicted octanol–water partition coefficient (Wildman–Crippen LogP) is 1.35. The molecular weight excluding hydrogens is 162 g/mol. The summed E-state index contributed by atoms with van der Waals surface area (Å²) in [7, 11) is 1.99. The lowest BCUT2D eigenvalue weighted by Crippen LogP contribution is -2.06. The lowest BCUT2D eigenvalue weighted by molar-refractivity contribution is 0.717. The van der Waals surface area contributed by atoms with Crippen LogP contribution in [-0.2, 0) is 13.5 Å². The molecule has 3 heteroatoms. The highest BCUT2D eigenvalue weighted by Gasteiger charge is 2.14. The van der Waals surface area contributed by atoms with Crippen molar-refractivity contribution in [3.8, 4) is 0 Å². The predicted molar refractivity (Wildman–Crippen MR) is 54.8 cm³/mol. The Balaban J connectivity index is 3.11. The number of aryl methyl sites for hydroxylation is 1. The highest BCUT2D eigenvalue weighted by Crippen LogP contribution is 2.22. The average molecular weight is 181 g/mol. The Hall–Kier alpha value is -0.830. The maximum atomic E-state index is 5.54. The molecule has 0 aromatic carbocycles. The summed E-state index contributed by atoms with van der Waals surface area (Å²) in [5.74, 6) is 0.537. The third-order valence-electron chi connectivity index (χ3n) is 2.42. The Kier molecular flexibility index (Phi) is 3.09. The van der Waals surface area contributed by atoms with Gasteiger partial charge in [0.25, 0.3) is 0 Å². The Morgan fingerprint density at radius 3 is 2.54 bits per heavy atom.